The summed E-state index contributed by atoms with van der Waals surface area (Å²) in [6, 6.07) is 9.74. The van der Waals surface area contributed by atoms with Crippen molar-refractivity contribution in [2.75, 3.05) is 5.32 Å². The van der Waals surface area contributed by atoms with Gasteiger partial charge < -0.3 is 15.0 Å². The number of fused-ring (bicyclic) bond motifs is 1. The second-order valence-electron chi connectivity index (χ2n) is 5.72. The summed E-state index contributed by atoms with van der Waals surface area (Å²) in [5.74, 6) is 0.432. The van der Waals surface area contributed by atoms with Gasteiger partial charge in [-0.05, 0) is 12.5 Å². The first-order valence-corrected chi connectivity index (χ1v) is 7.62. The van der Waals surface area contributed by atoms with Crippen LogP contribution in [0.1, 0.15) is 12.5 Å². The third kappa shape index (κ3) is 2.95. The Kier molecular flexibility index (Phi) is 4.22. The SMILES string of the molecule is CC(O)Cn1c(NCc2ccccc2)nc2c1c(=O)[nH]c(=O)n2C. The predicted octanol–water partition coefficient (Wildman–Crippen LogP) is 0.416. The van der Waals surface area contributed by atoms with Gasteiger partial charge in [-0.25, -0.2) is 4.79 Å². The summed E-state index contributed by atoms with van der Waals surface area (Å²) >= 11 is 0. The highest BCUT2D eigenvalue weighted by Crippen LogP contribution is 2.17. The van der Waals surface area contributed by atoms with E-state index in [0.29, 0.717) is 12.5 Å². The Morgan fingerprint density at radius 2 is 2.00 bits per heavy atom. The van der Waals surface area contributed by atoms with Gasteiger partial charge in [0.05, 0.1) is 12.6 Å². The Balaban J connectivity index is 2.09. The van der Waals surface area contributed by atoms with Crippen LogP contribution in [0.25, 0.3) is 11.2 Å². The molecule has 3 rings (SSSR count). The van der Waals surface area contributed by atoms with E-state index in [1.807, 2.05) is 30.3 Å². The molecule has 0 spiro atoms. The Hall–Kier alpha value is -2.87. The van der Waals surface area contributed by atoms with Crippen molar-refractivity contribution in [1.29, 1.82) is 0 Å². The normalized spacial score (nSPS) is 12.5. The molecule has 0 amide bonds. The monoisotopic (exact) mass is 329 g/mol. The molecule has 0 fully saturated rings. The molecular weight excluding hydrogens is 310 g/mol. The number of benzene rings is 1. The van der Waals surface area contributed by atoms with E-state index in [0.717, 1.165) is 5.56 Å². The van der Waals surface area contributed by atoms with E-state index in [1.165, 1.54) is 4.57 Å². The van der Waals surface area contributed by atoms with E-state index >= 15 is 0 Å². The molecule has 0 saturated heterocycles. The summed E-state index contributed by atoms with van der Waals surface area (Å²) in [5, 5.41) is 12.9. The molecule has 8 nitrogen and oxygen atoms in total. The molecule has 0 radical (unpaired) electrons. The zero-order valence-electron chi connectivity index (χ0n) is 13.5. The second kappa shape index (κ2) is 6.32. The minimum atomic E-state index is -0.670. The topological polar surface area (TPSA) is 105 Å². The summed E-state index contributed by atoms with van der Waals surface area (Å²) < 4.78 is 2.88. The van der Waals surface area contributed by atoms with Crippen molar-refractivity contribution in [1.82, 2.24) is 19.1 Å². The van der Waals surface area contributed by atoms with Crippen molar-refractivity contribution in [2.45, 2.75) is 26.1 Å². The summed E-state index contributed by atoms with van der Waals surface area (Å²) in [6.07, 6.45) is -0.670. The molecule has 2 aromatic heterocycles. The van der Waals surface area contributed by atoms with Crippen molar-refractivity contribution in [3.63, 3.8) is 0 Å². The maximum absolute atomic E-state index is 12.2. The van der Waals surface area contributed by atoms with Gasteiger partial charge in [-0.2, -0.15) is 4.98 Å². The van der Waals surface area contributed by atoms with Gasteiger partial charge in [0.1, 0.15) is 0 Å². The van der Waals surface area contributed by atoms with Crippen LogP contribution in [0.4, 0.5) is 5.95 Å². The molecule has 8 heteroatoms. The van der Waals surface area contributed by atoms with Crippen LogP contribution in [0.3, 0.4) is 0 Å². The molecule has 24 heavy (non-hydrogen) atoms. The highest BCUT2D eigenvalue weighted by Gasteiger charge is 2.18. The number of aromatic amines is 1. The summed E-state index contributed by atoms with van der Waals surface area (Å²) in [5.41, 5.74) is 0.544. The van der Waals surface area contributed by atoms with Gasteiger partial charge in [-0.15, -0.1) is 0 Å². The fraction of sp³-hybridized carbons (Fsp3) is 0.312. The lowest BCUT2D eigenvalue weighted by Crippen LogP contribution is -2.29. The van der Waals surface area contributed by atoms with Gasteiger partial charge in [0.25, 0.3) is 5.56 Å². The van der Waals surface area contributed by atoms with E-state index in [1.54, 1.807) is 18.5 Å². The molecule has 3 aromatic rings. The molecular formula is C16H19N5O3. The number of nitrogens with zero attached hydrogens (tertiary/aromatic N) is 3. The van der Waals surface area contributed by atoms with Crippen LogP contribution < -0.4 is 16.6 Å². The largest absolute Gasteiger partial charge is 0.392 e. The van der Waals surface area contributed by atoms with Crippen LogP contribution in [-0.2, 0) is 20.1 Å². The van der Waals surface area contributed by atoms with Crippen molar-refractivity contribution < 1.29 is 5.11 Å². The Bertz CT molecular complexity index is 969. The number of aromatic nitrogens is 4. The lowest BCUT2D eigenvalue weighted by molar-refractivity contribution is 0.175. The van der Waals surface area contributed by atoms with Crippen molar-refractivity contribution in [3.8, 4) is 0 Å². The number of imidazole rings is 1. The van der Waals surface area contributed by atoms with Gasteiger partial charge in [-0.1, -0.05) is 30.3 Å². The fourth-order valence-corrected chi connectivity index (χ4v) is 2.59. The fourth-order valence-electron chi connectivity index (χ4n) is 2.59. The number of hydrogen-bond acceptors (Lipinski definition) is 5. The number of aliphatic hydroxyl groups excluding tert-OH is 1. The highest BCUT2D eigenvalue weighted by atomic mass is 16.3. The minimum Gasteiger partial charge on any atom is -0.392 e. The number of aryl methyl sites for hydroxylation is 1. The smallest absolute Gasteiger partial charge is 0.329 e. The third-order valence-electron chi connectivity index (χ3n) is 3.75. The van der Waals surface area contributed by atoms with E-state index in [2.05, 4.69) is 15.3 Å². The summed E-state index contributed by atoms with van der Waals surface area (Å²) in [4.78, 5) is 30.6. The van der Waals surface area contributed by atoms with Crippen LogP contribution in [0.15, 0.2) is 39.9 Å². The molecule has 1 aromatic carbocycles. The molecule has 1 unspecified atom stereocenters. The molecule has 126 valence electrons. The lowest BCUT2D eigenvalue weighted by atomic mass is 10.2. The molecule has 0 bridgehead atoms. The second-order valence-corrected chi connectivity index (χ2v) is 5.72. The third-order valence-corrected chi connectivity index (χ3v) is 3.75. The van der Waals surface area contributed by atoms with Crippen LogP contribution in [-0.4, -0.2) is 30.3 Å². The number of rotatable bonds is 5. The lowest BCUT2D eigenvalue weighted by Gasteiger charge is -2.12. The Morgan fingerprint density at radius 1 is 1.29 bits per heavy atom. The van der Waals surface area contributed by atoms with Gasteiger partial charge in [0.2, 0.25) is 5.95 Å². The first-order valence-electron chi connectivity index (χ1n) is 7.62. The average molecular weight is 329 g/mol. The molecule has 0 aliphatic heterocycles. The number of aliphatic hydroxyl groups is 1. The van der Waals surface area contributed by atoms with Crippen LogP contribution in [0.2, 0.25) is 0 Å². The first kappa shape index (κ1) is 16.0. The van der Waals surface area contributed by atoms with Gasteiger partial charge in [0, 0.05) is 13.6 Å². The van der Waals surface area contributed by atoms with Crippen molar-refractivity contribution in [2.24, 2.45) is 7.05 Å². The number of anilines is 1. The van der Waals surface area contributed by atoms with Crippen LogP contribution >= 0.6 is 0 Å². The number of hydrogen-bond donors (Lipinski definition) is 3. The number of nitrogens with one attached hydrogen (secondary N) is 2. The molecule has 1 atom stereocenters. The number of H-pyrrole nitrogens is 1. The quantitative estimate of drug-likeness (QED) is 0.629. The van der Waals surface area contributed by atoms with Crippen LogP contribution in [0, 0.1) is 0 Å². The van der Waals surface area contributed by atoms with E-state index in [4.69, 9.17) is 0 Å². The Labute approximate surface area is 137 Å². The van der Waals surface area contributed by atoms with Crippen molar-refractivity contribution >= 4 is 17.1 Å². The maximum atomic E-state index is 12.2. The predicted molar refractivity (Wildman–Crippen MR) is 91.0 cm³/mol. The maximum Gasteiger partial charge on any atom is 0.329 e. The molecule has 0 saturated carbocycles. The standard InChI is InChI=1S/C16H19N5O3/c1-10(22)9-21-12-13(20(2)16(24)19-14(12)23)18-15(21)17-8-11-6-4-3-5-7-11/h3-7,10,22H,8-9H2,1-2H3,(H,17,18)(H,19,23,24). The molecule has 3 N–H and O–H groups in total. The average Bonchev–Trinajstić information content (AvgIpc) is 2.90. The van der Waals surface area contributed by atoms with E-state index in [-0.39, 0.29) is 17.7 Å². The minimum absolute atomic E-state index is 0.189. The van der Waals surface area contributed by atoms with Gasteiger partial charge in [0.15, 0.2) is 11.2 Å². The zero-order chi connectivity index (χ0) is 17.3. The zero-order valence-corrected chi connectivity index (χ0v) is 13.5. The van der Waals surface area contributed by atoms with Gasteiger partial charge in [-0.3, -0.25) is 14.3 Å². The van der Waals surface area contributed by atoms with Crippen LogP contribution in [0.5, 0.6) is 0 Å². The van der Waals surface area contributed by atoms with Gasteiger partial charge >= 0.3 is 5.69 Å². The first-order chi connectivity index (χ1) is 11.5. The molecule has 0 aliphatic carbocycles. The molecule has 0 aliphatic rings. The van der Waals surface area contributed by atoms with Crippen molar-refractivity contribution in [3.05, 3.63) is 56.7 Å². The van der Waals surface area contributed by atoms with E-state index < -0.39 is 17.4 Å². The molecule has 2 heterocycles. The van der Waals surface area contributed by atoms with E-state index in [9.17, 15) is 14.7 Å². The summed E-state index contributed by atoms with van der Waals surface area (Å²) in [7, 11) is 1.54. The Morgan fingerprint density at radius 3 is 2.67 bits per heavy atom. The highest BCUT2D eigenvalue weighted by molar-refractivity contribution is 5.74. The summed E-state index contributed by atoms with van der Waals surface area (Å²) in [6.45, 7) is 2.33.